The second-order valence-electron chi connectivity index (χ2n) is 3.62. The zero-order valence-electron chi connectivity index (χ0n) is 7.69. The summed E-state index contributed by atoms with van der Waals surface area (Å²) >= 11 is 3.62. The Bertz CT molecular complexity index is 270. The molecule has 0 aromatic carbocycles. The van der Waals surface area contributed by atoms with E-state index in [-0.39, 0.29) is 0 Å². The minimum atomic E-state index is -0.449. The highest BCUT2D eigenvalue weighted by molar-refractivity contribution is 8.00. The van der Waals surface area contributed by atoms with Gasteiger partial charge in [-0.05, 0) is 23.6 Å². The molecule has 0 bridgehead atoms. The fraction of sp³-hybridized carbons (Fsp3) is 0.600. The lowest BCUT2D eigenvalue weighted by Gasteiger charge is -2.25. The molecule has 0 radical (unpaired) electrons. The maximum atomic E-state index is 10.3. The van der Waals surface area contributed by atoms with E-state index in [1.165, 1.54) is 4.88 Å². The van der Waals surface area contributed by atoms with Gasteiger partial charge in [-0.1, -0.05) is 13.0 Å². The summed E-state index contributed by atoms with van der Waals surface area (Å²) in [4.78, 5) is 1.30. The highest BCUT2D eigenvalue weighted by Crippen LogP contribution is 2.38. The van der Waals surface area contributed by atoms with Gasteiger partial charge in [0.15, 0.2) is 0 Å². The van der Waals surface area contributed by atoms with E-state index >= 15 is 0 Å². The van der Waals surface area contributed by atoms with Crippen LogP contribution in [0.1, 0.15) is 18.2 Å². The third kappa shape index (κ3) is 1.92. The standard InChI is InChI=1S/C10H14OS2/c1-8-10(11,4-6-12-8)7-9-3-2-5-13-9/h2-3,5,8,11H,4,6-7H2,1H3. The number of thiophene rings is 1. The van der Waals surface area contributed by atoms with Gasteiger partial charge in [-0.25, -0.2) is 0 Å². The van der Waals surface area contributed by atoms with Gasteiger partial charge in [0.25, 0.3) is 0 Å². The summed E-state index contributed by atoms with van der Waals surface area (Å²) in [6.07, 6.45) is 1.77. The van der Waals surface area contributed by atoms with Crippen molar-refractivity contribution in [2.24, 2.45) is 0 Å². The van der Waals surface area contributed by atoms with Gasteiger partial charge >= 0.3 is 0 Å². The summed E-state index contributed by atoms with van der Waals surface area (Å²) in [5.74, 6) is 1.10. The van der Waals surface area contributed by atoms with Crippen LogP contribution in [-0.4, -0.2) is 21.7 Å². The van der Waals surface area contributed by atoms with Gasteiger partial charge in [0.05, 0.1) is 5.60 Å². The van der Waals surface area contributed by atoms with Crippen LogP contribution in [0.4, 0.5) is 0 Å². The molecule has 1 aromatic rings. The summed E-state index contributed by atoms with van der Waals surface area (Å²) in [6.45, 7) is 2.13. The first-order valence-electron chi connectivity index (χ1n) is 4.57. The normalized spacial score (nSPS) is 33.8. The molecule has 0 saturated carbocycles. The van der Waals surface area contributed by atoms with Crippen molar-refractivity contribution in [3.8, 4) is 0 Å². The lowest BCUT2D eigenvalue weighted by molar-refractivity contribution is 0.0472. The Balaban J connectivity index is 2.08. The van der Waals surface area contributed by atoms with E-state index in [0.29, 0.717) is 5.25 Å². The second-order valence-corrected chi connectivity index (χ2v) is 6.10. The topological polar surface area (TPSA) is 20.2 Å². The van der Waals surface area contributed by atoms with Crippen molar-refractivity contribution in [3.63, 3.8) is 0 Å². The van der Waals surface area contributed by atoms with E-state index < -0.39 is 5.60 Å². The summed E-state index contributed by atoms with van der Waals surface area (Å²) in [6, 6.07) is 4.16. The molecule has 13 heavy (non-hydrogen) atoms. The molecule has 2 atom stereocenters. The first kappa shape index (κ1) is 9.56. The van der Waals surface area contributed by atoms with E-state index in [2.05, 4.69) is 24.4 Å². The van der Waals surface area contributed by atoms with Crippen molar-refractivity contribution in [3.05, 3.63) is 22.4 Å². The highest BCUT2D eigenvalue weighted by Gasteiger charge is 2.38. The minimum absolute atomic E-state index is 0.384. The van der Waals surface area contributed by atoms with Crippen LogP contribution in [0.3, 0.4) is 0 Å². The molecule has 1 aliphatic heterocycles. The largest absolute Gasteiger partial charge is 0.388 e. The van der Waals surface area contributed by atoms with Gasteiger partial charge in [0.2, 0.25) is 0 Å². The maximum Gasteiger partial charge on any atom is 0.0818 e. The third-order valence-electron chi connectivity index (χ3n) is 2.72. The molecule has 0 amide bonds. The predicted octanol–water partition coefficient (Wildman–Crippen LogP) is 2.55. The second kappa shape index (κ2) is 3.64. The monoisotopic (exact) mass is 214 g/mol. The molecule has 2 heterocycles. The molecule has 1 aliphatic rings. The lowest BCUT2D eigenvalue weighted by atomic mass is 9.93. The van der Waals surface area contributed by atoms with Gasteiger partial charge in [0, 0.05) is 16.5 Å². The Morgan fingerprint density at radius 2 is 2.54 bits per heavy atom. The zero-order valence-corrected chi connectivity index (χ0v) is 9.33. The molecule has 0 spiro atoms. The Labute approximate surface area is 87.2 Å². The third-order valence-corrected chi connectivity index (χ3v) is 4.97. The molecular formula is C10H14OS2. The van der Waals surface area contributed by atoms with Gasteiger partial charge in [-0.2, -0.15) is 11.8 Å². The average molecular weight is 214 g/mol. The maximum absolute atomic E-state index is 10.3. The highest BCUT2D eigenvalue weighted by atomic mass is 32.2. The van der Waals surface area contributed by atoms with Gasteiger partial charge in [-0.3, -0.25) is 0 Å². The van der Waals surface area contributed by atoms with Crippen LogP contribution in [0.15, 0.2) is 17.5 Å². The van der Waals surface area contributed by atoms with Crippen LogP contribution in [0.25, 0.3) is 0 Å². The van der Waals surface area contributed by atoms with Crippen molar-refractivity contribution in [1.82, 2.24) is 0 Å². The predicted molar refractivity (Wildman–Crippen MR) is 59.5 cm³/mol. The first-order chi connectivity index (χ1) is 6.21. The molecule has 3 heteroatoms. The minimum Gasteiger partial charge on any atom is -0.388 e. The van der Waals surface area contributed by atoms with E-state index in [9.17, 15) is 5.11 Å². The summed E-state index contributed by atoms with van der Waals surface area (Å²) in [5, 5.41) is 12.8. The number of aliphatic hydroxyl groups is 1. The van der Waals surface area contributed by atoms with Crippen molar-refractivity contribution < 1.29 is 5.11 Å². The molecule has 72 valence electrons. The first-order valence-corrected chi connectivity index (χ1v) is 6.50. The van der Waals surface area contributed by atoms with Crippen molar-refractivity contribution >= 4 is 23.1 Å². The van der Waals surface area contributed by atoms with E-state index in [4.69, 9.17) is 0 Å². The van der Waals surface area contributed by atoms with E-state index in [1.807, 2.05) is 11.8 Å². The summed E-state index contributed by atoms with van der Waals surface area (Å²) < 4.78 is 0. The van der Waals surface area contributed by atoms with Crippen LogP contribution in [0.2, 0.25) is 0 Å². The van der Waals surface area contributed by atoms with Gasteiger partial charge < -0.3 is 5.11 Å². The Morgan fingerprint density at radius 3 is 3.08 bits per heavy atom. The van der Waals surface area contributed by atoms with Gasteiger partial charge in [0.1, 0.15) is 0 Å². The fourth-order valence-corrected chi connectivity index (χ4v) is 3.88. The summed E-state index contributed by atoms with van der Waals surface area (Å²) in [7, 11) is 0. The quantitative estimate of drug-likeness (QED) is 0.816. The molecule has 2 unspecified atom stereocenters. The van der Waals surface area contributed by atoms with Gasteiger partial charge in [-0.15, -0.1) is 11.3 Å². The molecule has 1 fully saturated rings. The smallest absolute Gasteiger partial charge is 0.0818 e. The molecule has 1 N–H and O–H groups in total. The molecule has 1 nitrogen and oxygen atoms in total. The van der Waals surface area contributed by atoms with Crippen molar-refractivity contribution in [2.75, 3.05) is 5.75 Å². The van der Waals surface area contributed by atoms with E-state index in [0.717, 1.165) is 18.6 Å². The number of rotatable bonds is 2. The van der Waals surface area contributed by atoms with Crippen LogP contribution in [-0.2, 0) is 6.42 Å². The number of hydrogen-bond donors (Lipinski definition) is 1. The summed E-state index contributed by atoms with van der Waals surface area (Å²) in [5.41, 5.74) is -0.449. The molecule has 2 rings (SSSR count). The van der Waals surface area contributed by atoms with E-state index in [1.54, 1.807) is 11.3 Å². The Hall–Kier alpha value is 0.01000. The SMILES string of the molecule is CC1SCCC1(O)Cc1cccs1. The van der Waals surface area contributed by atoms with Crippen LogP contribution in [0.5, 0.6) is 0 Å². The molecule has 1 aromatic heterocycles. The molecule has 1 saturated heterocycles. The number of hydrogen-bond acceptors (Lipinski definition) is 3. The molecule has 0 aliphatic carbocycles. The van der Waals surface area contributed by atoms with Crippen molar-refractivity contribution in [2.45, 2.75) is 30.6 Å². The average Bonchev–Trinajstić information content (AvgIpc) is 2.65. The molecular weight excluding hydrogens is 200 g/mol. The Kier molecular flexibility index (Phi) is 2.67. The Morgan fingerprint density at radius 1 is 1.69 bits per heavy atom. The fourth-order valence-electron chi connectivity index (χ4n) is 1.72. The van der Waals surface area contributed by atoms with Crippen LogP contribution in [0, 0.1) is 0 Å². The number of thioether (sulfide) groups is 1. The van der Waals surface area contributed by atoms with Crippen LogP contribution >= 0.6 is 23.1 Å². The lowest BCUT2D eigenvalue weighted by Crippen LogP contribution is -2.36. The van der Waals surface area contributed by atoms with Crippen molar-refractivity contribution in [1.29, 1.82) is 0 Å². The van der Waals surface area contributed by atoms with Crippen LogP contribution < -0.4 is 0 Å². The zero-order chi connectivity index (χ0) is 9.31.